The van der Waals surface area contributed by atoms with E-state index < -0.39 is 10.0 Å². The van der Waals surface area contributed by atoms with E-state index in [0.717, 1.165) is 11.1 Å². The van der Waals surface area contributed by atoms with Gasteiger partial charge in [-0.2, -0.15) is 0 Å². The highest BCUT2D eigenvalue weighted by molar-refractivity contribution is 7.92. The summed E-state index contributed by atoms with van der Waals surface area (Å²) in [5.74, 6) is 0.511. The van der Waals surface area contributed by atoms with Crippen LogP contribution < -0.4 is 4.31 Å². The lowest BCUT2D eigenvalue weighted by Crippen LogP contribution is -2.28. The second-order valence-corrected chi connectivity index (χ2v) is 8.33. The molecule has 136 valence electrons. The molecule has 0 spiro atoms. The highest BCUT2D eigenvalue weighted by atomic mass is 32.2. The first kappa shape index (κ1) is 17.3. The molecular weight excluding hydrogens is 358 g/mol. The van der Waals surface area contributed by atoms with Gasteiger partial charge in [0.25, 0.3) is 10.0 Å². The Morgan fingerprint density at radius 2 is 1.56 bits per heavy atom. The lowest BCUT2D eigenvalue weighted by atomic mass is 10.1. The van der Waals surface area contributed by atoms with Gasteiger partial charge in [-0.05, 0) is 31.2 Å². The van der Waals surface area contributed by atoms with Crippen LogP contribution in [0.4, 0.5) is 5.82 Å². The van der Waals surface area contributed by atoms with Crippen LogP contribution in [0.5, 0.6) is 0 Å². The number of rotatable bonds is 4. The molecule has 4 aromatic rings. The number of hydrogen-bond donors (Lipinski definition) is 0. The molecule has 6 heteroatoms. The smallest absolute Gasteiger partial charge is 0.265 e. The molecular formula is C21H19N3O2S. The van der Waals surface area contributed by atoms with E-state index in [9.17, 15) is 8.42 Å². The zero-order valence-corrected chi connectivity index (χ0v) is 15.9. The van der Waals surface area contributed by atoms with Crippen LogP contribution in [0, 0.1) is 6.92 Å². The SMILES string of the molecule is Cc1ccc(S(=O)(=O)N(C)c2c(-c3ccccc3)nc3ccccn23)cc1. The average molecular weight is 377 g/mol. The maximum atomic E-state index is 13.3. The summed E-state index contributed by atoms with van der Waals surface area (Å²) in [5, 5.41) is 0. The highest BCUT2D eigenvalue weighted by Gasteiger charge is 2.27. The van der Waals surface area contributed by atoms with Crippen molar-refractivity contribution in [2.24, 2.45) is 0 Å². The molecule has 2 aromatic carbocycles. The van der Waals surface area contributed by atoms with Gasteiger partial charge < -0.3 is 0 Å². The van der Waals surface area contributed by atoms with Crippen molar-refractivity contribution in [1.82, 2.24) is 9.38 Å². The number of nitrogens with zero attached hydrogens (tertiary/aromatic N) is 3. The van der Waals surface area contributed by atoms with Gasteiger partial charge in [-0.15, -0.1) is 0 Å². The van der Waals surface area contributed by atoms with Crippen LogP contribution in [0.15, 0.2) is 83.9 Å². The monoisotopic (exact) mass is 377 g/mol. The number of fused-ring (bicyclic) bond motifs is 1. The van der Waals surface area contributed by atoms with Crippen LogP contribution in [0.1, 0.15) is 5.56 Å². The quantitative estimate of drug-likeness (QED) is 0.537. The van der Waals surface area contributed by atoms with Gasteiger partial charge in [0.15, 0.2) is 5.82 Å². The first-order chi connectivity index (χ1) is 13.0. The Hall–Kier alpha value is -3.12. The number of aromatic nitrogens is 2. The molecule has 0 aliphatic heterocycles. The molecule has 0 aliphatic carbocycles. The predicted molar refractivity (Wildman–Crippen MR) is 107 cm³/mol. The summed E-state index contributed by atoms with van der Waals surface area (Å²) < 4.78 is 29.6. The number of sulfonamides is 1. The fourth-order valence-electron chi connectivity index (χ4n) is 3.06. The number of pyridine rings is 1. The van der Waals surface area contributed by atoms with Crippen LogP contribution in [0.25, 0.3) is 16.9 Å². The molecule has 0 bridgehead atoms. The standard InChI is InChI=1S/C21H19N3O2S/c1-16-11-13-18(14-12-16)27(25,26)23(2)21-20(17-8-4-3-5-9-17)22-19-10-6-7-15-24(19)21/h3-15H,1-2H3. The number of aryl methyl sites for hydroxylation is 1. The van der Waals surface area contributed by atoms with Gasteiger partial charge in [-0.3, -0.25) is 8.71 Å². The number of anilines is 1. The molecule has 0 N–H and O–H groups in total. The fraction of sp³-hybridized carbons (Fsp3) is 0.0952. The largest absolute Gasteiger partial charge is 0.285 e. The van der Waals surface area contributed by atoms with Crippen molar-refractivity contribution in [1.29, 1.82) is 0 Å². The van der Waals surface area contributed by atoms with Gasteiger partial charge in [-0.1, -0.05) is 54.1 Å². The number of imidazole rings is 1. The van der Waals surface area contributed by atoms with E-state index in [0.29, 0.717) is 17.2 Å². The fourth-order valence-corrected chi connectivity index (χ4v) is 4.25. The van der Waals surface area contributed by atoms with Crippen molar-refractivity contribution in [2.45, 2.75) is 11.8 Å². The molecule has 2 aromatic heterocycles. The Balaban J connectivity index is 1.93. The molecule has 0 atom stereocenters. The Kier molecular flexibility index (Phi) is 4.20. The van der Waals surface area contributed by atoms with Crippen molar-refractivity contribution in [2.75, 3.05) is 11.4 Å². The summed E-state index contributed by atoms with van der Waals surface area (Å²) >= 11 is 0. The van der Waals surface area contributed by atoms with E-state index in [1.807, 2.05) is 61.7 Å². The molecule has 2 heterocycles. The van der Waals surface area contributed by atoms with Crippen LogP contribution in [-0.2, 0) is 10.0 Å². The van der Waals surface area contributed by atoms with Crippen LogP contribution in [0.2, 0.25) is 0 Å². The van der Waals surface area contributed by atoms with Crippen LogP contribution >= 0.6 is 0 Å². The molecule has 0 unspecified atom stereocenters. The van der Waals surface area contributed by atoms with Gasteiger partial charge in [0.2, 0.25) is 0 Å². The lowest BCUT2D eigenvalue weighted by molar-refractivity contribution is 0.594. The van der Waals surface area contributed by atoms with Crippen molar-refractivity contribution in [3.05, 3.63) is 84.6 Å². The average Bonchev–Trinajstić information content (AvgIpc) is 3.08. The van der Waals surface area contributed by atoms with E-state index in [1.54, 1.807) is 35.7 Å². The lowest BCUT2D eigenvalue weighted by Gasteiger charge is -2.20. The molecule has 0 saturated carbocycles. The van der Waals surface area contributed by atoms with E-state index in [-0.39, 0.29) is 4.90 Å². The number of hydrogen-bond acceptors (Lipinski definition) is 3. The molecule has 4 rings (SSSR count). The van der Waals surface area contributed by atoms with Gasteiger partial charge >= 0.3 is 0 Å². The Bertz CT molecular complexity index is 1200. The van der Waals surface area contributed by atoms with Gasteiger partial charge in [0, 0.05) is 18.8 Å². The molecule has 0 amide bonds. The zero-order valence-electron chi connectivity index (χ0n) is 15.1. The minimum atomic E-state index is -3.73. The second-order valence-electron chi connectivity index (χ2n) is 6.36. The first-order valence-electron chi connectivity index (χ1n) is 8.56. The summed E-state index contributed by atoms with van der Waals surface area (Å²) in [6.45, 7) is 1.93. The van der Waals surface area contributed by atoms with Gasteiger partial charge in [-0.25, -0.2) is 13.4 Å². The van der Waals surface area contributed by atoms with Crippen LogP contribution in [-0.4, -0.2) is 24.9 Å². The number of benzene rings is 2. The third-order valence-corrected chi connectivity index (χ3v) is 6.29. The summed E-state index contributed by atoms with van der Waals surface area (Å²) in [5.41, 5.74) is 3.19. The maximum absolute atomic E-state index is 13.3. The Labute approximate surface area is 158 Å². The van der Waals surface area contributed by atoms with Crippen molar-refractivity contribution >= 4 is 21.5 Å². The van der Waals surface area contributed by atoms with Crippen LogP contribution in [0.3, 0.4) is 0 Å². The minimum absolute atomic E-state index is 0.250. The van der Waals surface area contributed by atoms with Crippen molar-refractivity contribution < 1.29 is 8.42 Å². The Morgan fingerprint density at radius 3 is 2.26 bits per heavy atom. The predicted octanol–water partition coefficient (Wildman–Crippen LogP) is 4.13. The molecule has 0 radical (unpaired) electrons. The molecule has 5 nitrogen and oxygen atoms in total. The normalized spacial score (nSPS) is 11.6. The summed E-state index contributed by atoms with van der Waals surface area (Å²) in [6.07, 6.45) is 1.82. The molecule has 0 fully saturated rings. The maximum Gasteiger partial charge on any atom is 0.265 e. The topological polar surface area (TPSA) is 54.7 Å². The van der Waals surface area contributed by atoms with E-state index in [2.05, 4.69) is 4.98 Å². The third kappa shape index (κ3) is 2.98. The van der Waals surface area contributed by atoms with E-state index >= 15 is 0 Å². The van der Waals surface area contributed by atoms with Gasteiger partial charge in [0.05, 0.1) is 4.90 Å². The first-order valence-corrected chi connectivity index (χ1v) is 10.0. The molecule has 27 heavy (non-hydrogen) atoms. The summed E-state index contributed by atoms with van der Waals surface area (Å²) in [4.78, 5) is 4.93. The third-order valence-electron chi connectivity index (χ3n) is 4.53. The van der Waals surface area contributed by atoms with E-state index in [1.165, 1.54) is 4.31 Å². The van der Waals surface area contributed by atoms with E-state index in [4.69, 9.17) is 0 Å². The second kappa shape index (κ2) is 6.55. The molecule has 0 saturated heterocycles. The summed E-state index contributed by atoms with van der Waals surface area (Å²) in [6, 6.07) is 22.1. The van der Waals surface area contributed by atoms with Crippen molar-refractivity contribution in [3.63, 3.8) is 0 Å². The summed E-state index contributed by atoms with van der Waals surface area (Å²) in [7, 11) is -2.16. The zero-order chi connectivity index (χ0) is 19.0. The minimum Gasteiger partial charge on any atom is -0.285 e. The highest BCUT2D eigenvalue weighted by Crippen LogP contribution is 2.33. The Morgan fingerprint density at radius 1 is 0.889 bits per heavy atom. The molecule has 0 aliphatic rings. The van der Waals surface area contributed by atoms with Gasteiger partial charge in [0.1, 0.15) is 11.3 Å². The van der Waals surface area contributed by atoms with Crippen molar-refractivity contribution in [3.8, 4) is 11.3 Å².